The van der Waals surface area contributed by atoms with Crippen LogP contribution in [0.1, 0.15) is 19.4 Å². The van der Waals surface area contributed by atoms with Crippen molar-refractivity contribution in [3.05, 3.63) is 34.9 Å². The Kier molecular flexibility index (Phi) is 4.08. The molecular formula is C11H14Cl2. The standard InChI is InChI=1S/C11H14Cl2/c1-8(2)11(13)7-9-5-3-4-6-10(9)12/h3-6,8,11H,7H2,1-2H3. The fourth-order valence-corrected chi connectivity index (χ4v) is 1.49. The van der Waals surface area contributed by atoms with Crippen molar-refractivity contribution in [1.82, 2.24) is 0 Å². The first-order valence-corrected chi connectivity index (χ1v) is 5.30. The van der Waals surface area contributed by atoms with Gasteiger partial charge >= 0.3 is 0 Å². The van der Waals surface area contributed by atoms with E-state index in [2.05, 4.69) is 13.8 Å². The van der Waals surface area contributed by atoms with Crippen molar-refractivity contribution in [1.29, 1.82) is 0 Å². The number of alkyl halides is 1. The number of hydrogen-bond donors (Lipinski definition) is 0. The summed E-state index contributed by atoms with van der Waals surface area (Å²) in [6.07, 6.45) is 0.846. The monoisotopic (exact) mass is 216 g/mol. The van der Waals surface area contributed by atoms with E-state index >= 15 is 0 Å². The van der Waals surface area contributed by atoms with Crippen LogP contribution in [0.4, 0.5) is 0 Å². The summed E-state index contributed by atoms with van der Waals surface area (Å²) in [7, 11) is 0. The van der Waals surface area contributed by atoms with Gasteiger partial charge in [0.25, 0.3) is 0 Å². The lowest BCUT2D eigenvalue weighted by atomic mass is 10.0. The van der Waals surface area contributed by atoms with Gasteiger partial charge in [0, 0.05) is 10.4 Å². The zero-order chi connectivity index (χ0) is 9.84. The van der Waals surface area contributed by atoms with Crippen LogP contribution in [0.2, 0.25) is 5.02 Å². The zero-order valence-corrected chi connectivity index (χ0v) is 9.44. The largest absolute Gasteiger partial charge is 0.122 e. The molecule has 2 heteroatoms. The first kappa shape index (κ1) is 10.9. The Morgan fingerprint density at radius 1 is 1.23 bits per heavy atom. The van der Waals surface area contributed by atoms with Gasteiger partial charge in [-0.3, -0.25) is 0 Å². The number of benzene rings is 1. The summed E-state index contributed by atoms with van der Waals surface area (Å²) in [6, 6.07) is 7.86. The molecule has 0 radical (unpaired) electrons. The lowest BCUT2D eigenvalue weighted by molar-refractivity contribution is 0.596. The maximum atomic E-state index is 6.16. The van der Waals surface area contributed by atoms with Crippen molar-refractivity contribution in [2.75, 3.05) is 0 Å². The fourth-order valence-electron chi connectivity index (χ4n) is 1.11. The van der Waals surface area contributed by atoms with Crippen LogP contribution in [0.3, 0.4) is 0 Å². The van der Waals surface area contributed by atoms with Crippen LogP contribution in [-0.2, 0) is 6.42 Å². The van der Waals surface area contributed by atoms with Crippen LogP contribution >= 0.6 is 23.2 Å². The maximum Gasteiger partial charge on any atom is 0.0438 e. The van der Waals surface area contributed by atoms with Gasteiger partial charge in [0.15, 0.2) is 0 Å². The van der Waals surface area contributed by atoms with Crippen molar-refractivity contribution in [2.45, 2.75) is 25.6 Å². The van der Waals surface area contributed by atoms with Gasteiger partial charge < -0.3 is 0 Å². The summed E-state index contributed by atoms with van der Waals surface area (Å²) in [6.45, 7) is 4.24. The molecule has 0 amide bonds. The van der Waals surface area contributed by atoms with E-state index in [4.69, 9.17) is 23.2 Å². The third-order valence-corrected chi connectivity index (χ3v) is 3.12. The molecule has 1 atom stereocenters. The van der Waals surface area contributed by atoms with Crippen molar-refractivity contribution in [2.24, 2.45) is 5.92 Å². The Labute approximate surface area is 89.9 Å². The van der Waals surface area contributed by atoms with Gasteiger partial charge in [0.2, 0.25) is 0 Å². The molecule has 0 nitrogen and oxygen atoms in total. The van der Waals surface area contributed by atoms with E-state index in [0.717, 1.165) is 17.0 Å². The molecule has 1 rings (SSSR count). The Hall–Kier alpha value is -0.200. The Morgan fingerprint density at radius 3 is 2.38 bits per heavy atom. The second-order valence-corrected chi connectivity index (χ2v) is 4.52. The second-order valence-electron chi connectivity index (χ2n) is 3.56. The van der Waals surface area contributed by atoms with Gasteiger partial charge in [-0.1, -0.05) is 43.6 Å². The average Bonchev–Trinajstić information content (AvgIpc) is 2.08. The predicted molar refractivity (Wildman–Crippen MR) is 59.6 cm³/mol. The smallest absolute Gasteiger partial charge is 0.0438 e. The fraction of sp³-hybridized carbons (Fsp3) is 0.455. The summed E-state index contributed by atoms with van der Waals surface area (Å²) in [5, 5.41) is 0.980. The normalized spacial score (nSPS) is 13.3. The van der Waals surface area contributed by atoms with Crippen LogP contribution in [0.25, 0.3) is 0 Å². The molecule has 13 heavy (non-hydrogen) atoms. The molecule has 0 spiro atoms. The molecule has 0 aromatic heterocycles. The third-order valence-electron chi connectivity index (χ3n) is 2.10. The highest BCUT2D eigenvalue weighted by molar-refractivity contribution is 6.31. The van der Waals surface area contributed by atoms with E-state index in [1.165, 1.54) is 0 Å². The van der Waals surface area contributed by atoms with Gasteiger partial charge in [-0.15, -0.1) is 11.6 Å². The molecule has 1 unspecified atom stereocenters. The minimum absolute atomic E-state index is 0.167. The molecule has 0 saturated heterocycles. The number of hydrogen-bond acceptors (Lipinski definition) is 0. The third kappa shape index (κ3) is 3.21. The van der Waals surface area contributed by atoms with Gasteiger partial charge in [-0.05, 0) is 24.0 Å². The molecule has 0 N–H and O–H groups in total. The Bertz CT molecular complexity index is 269. The van der Waals surface area contributed by atoms with Gasteiger partial charge in [0.1, 0.15) is 0 Å². The van der Waals surface area contributed by atoms with Crippen molar-refractivity contribution in [3.8, 4) is 0 Å². The minimum Gasteiger partial charge on any atom is -0.122 e. The zero-order valence-electron chi connectivity index (χ0n) is 7.93. The lowest BCUT2D eigenvalue weighted by Gasteiger charge is -2.13. The summed E-state index contributed by atoms with van der Waals surface area (Å²) >= 11 is 12.2. The van der Waals surface area contributed by atoms with Crippen LogP contribution < -0.4 is 0 Å². The molecule has 0 fully saturated rings. The predicted octanol–water partition coefficient (Wildman–Crippen LogP) is 4.15. The highest BCUT2D eigenvalue weighted by Gasteiger charge is 2.11. The molecule has 0 bridgehead atoms. The van der Waals surface area contributed by atoms with Crippen LogP contribution in [-0.4, -0.2) is 5.38 Å². The van der Waals surface area contributed by atoms with Crippen molar-refractivity contribution >= 4 is 23.2 Å². The van der Waals surface area contributed by atoms with E-state index in [1.807, 2.05) is 24.3 Å². The SMILES string of the molecule is CC(C)C(Cl)Cc1ccccc1Cl. The van der Waals surface area contributed by atoms with Gasteiger partial charge in [-0.25, -0.2) is 0 Å². The van der Waals surface area contributed by atoms with Gasteiger partial charge in [0.05, 0.1) is 0 Å². The molecule has 72 valence electrons. The summed E-state index contributed by atoms with van der Waals surface area (Å²) < 4.78 is 0. The van der Waals surface area contributed by atoms with Crippen LogP contribution in [0, 0.1) is 5.92 Å². The van der Waals surface area contributed by atoms with Crippen LogP contribution in [0.15, 0.2) is 24.3 Å². The molecule has 1 aromatic rings. The molecule has 1 aromatic carbocycles. The number of rotatable bonds is 3. The Balaban J connectivity index is 2.69. The van der Waals surface area contributed by atoms with E-state index in [1.54, 1.807) is 0 Å². The van der Waals surface area contributed by atoms with Crippen molar-refractivity contribution < 1.29 is 0 Å². The highest BCUT2D eigenvalue weighted by Crippen LogP contribution is 2.21. The summed E-state index contributed by atoms with van der Waals surface area (Å²) in [5.74, 6) is 0.484. The summed E-state index contributed by atoms with van der Waals surface area (Å²) in [4.78, 5) is 0. The van der Waals surface area contributed by atoms with Gasteiger partial charge in [-0.2, -0.15) is 0 Å². The average molecular weight is 217 g/mol. The minimum atomic E-state index is 0.167. The second kappa shape index (κ2) is 4.88. The topological polar surface area (TPSA) is 0 Å². The lowest BCUT2D eigenvalue weighted by Crippen LogP contribution is -2.11. The van der Waals surface area contributed by atoms with E-state index in [-0.39, 0.29) is 5.38 Å². The Morgan fingerprint density at radius 2 is 1.85 bits per heavy atom. The molecule has 0 saturated carbocycles. The summed E-state index contributed by atoms with van der Waals surface area (Å²) in [5.41, 5.74) is 1.14. The first-order chi connectivity index (χ1) is 6.11. The van der Waals surface area contributed by atoms with E-state index < -0.39 is 0 Å². The molecule has 0 aliphatic rings. The molecular weight excluding hydrogens is 203 g/mol. The molecule has 0 aliphatic carbocycles. The van der Waals surface area contributed by atoms with Crippen LogP contribution in [0.5, 0.6) is 0 Å². The number of halogens is 2. The van der Waals surface area contributed by atoms with Crippen molar-refractivity contribution in [3.63, 3.8) is 0 Å². The molecule has 0 aliphatic heterocycles. The first-order valence-electron chi connectivity index (χ1n) is 4.48. The van der Waals surface area contributed by atoms with E-state index in [9.17, 15) is 0 Å². The highest BCUT2D eigenvalue weighted by atomic mass is 35.5. The quantitative estimate of drug-likeness (QED) is 0.667. The molecule has 0 heterocycles. The maximum absolute atomic E-state index is 6.16. The van der Waals surface area contributed by atoms with E-state index in [0.29, 0.717) is 5.92 Å².